The summed E-state index contributed by atoms with van der Waals surface area (Å²) >= 11 is 1.77. The van der Waals surface area contributed by atoms with Crippen LogP contribution in [-0.2, 0) is 13.1 Å². The molecule has 0 spiro atoms. The van der Waals surface area contributed by atoms with E-state index in [2.05, 4.69) is 17.4 Å². The Morgan fingerprint density at radius 3 is 2.70 bits per heavy atom. The highest BCUT2D eigenvalue weighted by atomic mass is 32.1. The van der Waals surface area contributed by atoms with E-state index >= 15 is 0 Å². The minimum Gasteiger partial charge on any atom is -0.326 e. The lowest BCUT2D eigenvalue weighted by Gasteiger charge is -1.91. The molecule has 0 saturated carbocycles. The summed E-state index contributed by atoms with van der Waals surface area (Å²) in [6, 6.07) is 4.20. The zero-order valence-corrected chi connectivity index (χ0v) is 6.87. The van der Waals surface area contributed by atoms with Crippen LogP contribution in [0.15, 0.2) is 12.1 Å². The molecule has 1 rings (SSSR count). The molecule has 1 heterocycles. The molecule has 0 aliphatic rings. The van der Waals surface area contributed by atoms with Crippen molar-refractivity contribution < 1.29 is 0 Å². The van der Waals surface area contributed by atoms with Crippen LogP contribution in [0, 0.1) is 0 Å². The number of nitrogens with two attached hydrogens (primary N) is 1. The zero-order chi connectivity index (χ0) is 7.40. The maximum Gasteiger partial charge on any atom is 0.0296 e. The second-order valence-electron chi connectivity index (χ2n) is 2.10. The summed E-state index contributed by atoms with van der Waals surface area (Å²) < 4.78 is 0. The van der Waals surface area contributed by atoms with Crippen LogP contribution in [0.5, 0.6) is 0 Å². The number of hydrogen-bond donors (Lipinski definition) is 2. The van der Waals surface area contributed by atoms with Gasteiger partial charge >= 0.3 is 0 Å². The molecule has 2 nitrogen and oxygen atoms in total. The van der Waals surface area contributed by atoms with Gasteiger partial charge in [0.05, 0.1) is 0 Å². The van der Waals surface area contributed by atoms with Gasteiger partial charge in [0.25, 0.3) is 0 Å². The first-order valence-corrected chi connectivity index (χ1v) is 4.10. The summed E-state index contributed by atoms with van der Waals surface area (Å²) in [7, 11) is 1.95. The number of rotatable bonds is 3. The lowest BCUT2D eigenvalue weighted by molar-refractivity contribution is 0.831. The van der Waals surface area contributed by atoms with Crippen molar-refractivity contribution in [3.8, 4) is 0 Å². The molecule has 56 valence electrons. The van der Waals surface area contributed by atoms with E-state index < -0.39 is 0 Å². The summed E-state index contributed by atoms with van der Waals surface area (Å²) in [5, 5.41) is 3.09. The highest BCUT2D eigenvalue weighted by Gasteiger charge is 1.95. The third kappa shape index (κ3) is 1.80. The maximum absolute atomic E-state index is 5.45. The van der Waals surface area contributed by atoms with Crippen LogP contribution < -0.4 is 11.1 Å². The number of hydrogen-bond acceptors (Lipinski definition) is 3. The molecule has 1 aromatic rings. The Morgan fingerprint density at radius 2 is 2.20 bits per heavy atom. The van der Waals surface area contributed by atoms with Crippen molar-refractivity contribution in [2.75, 3.05) is 7.05 Å². The van der Waals surface area contributed by atoms with Crippen LogP contribution in [0.4, 0.5) is 0 Å². The van der Waals surface area contributed by atoms with E-state index in [0.29, 0.717) is 6.54 Å². The second-order valence-corrected chi connectivity index (χ2v) is 3.36. The van der Waals surface area contributed by atoms with E-state index in [4.69, 9.17) is 5.73 Å². The van der Waals surface area contributed by atoms with Crippen LogP contribution in [0.25, 0.3) is 0 Å². The van der Waals surface area contributed by atoms with Gasteiger partial charge in [-0.05, 0) is 19.2 Å². The molecule has 0 aliphatic carbocycles. The average Bonchev–Trinajstić information content (AvgIpc) is 2.37. The first kappa shape index (κ1) is 7.72. The van der Waals surface area contributed by atoms with Crippen LogP contribution in [-0.4, -0.2) is 7.05 Å². The molecule has 0 unspecified atom stereocenters. The van der Waals surface area contributed by atoms with E-state index in [-0.39, 0.29) is 0 Å². The first-order valence-electron chi connectivity index (χ1n) is 3.29. The predicted octanol–water partition coefficient (Wildman–Crippen LogP) is 0.926. The Hall–Kier alpha value is -0.380. The Balaban J connectivity index is 2.59. The molecule has 0 fully saturated rings. The third-order valence-electron chi connectivity index (χ3n) is 1.27. The summed E-state index contributed by atoms with van der Waals surface area (Å²) in [4.78, 5) is 2.60. The fourth-order valence-corrected chi connectivity index (χ4v) is 1.71. The van der Waals surface area contributed by atoms with E-state index in [1.54, 1.807) is 11.3 Å². The molecule has 0 amide bonds. The molecular formula is C7H12N2S. The van der Waals surface area contributed by atoms with Gasteiger partial charge in [0, 0.05) is 22.8 Å². The van der Waals surface area contributed by atoms with Crippen LogP contribution in [0.3, 0.4) is 0 Å². The van der Waals surface area contributed by atoms with Gasteiger partial charge in [-0.3, -0.25) is 0 Å². The molecular weight excluding hydrogens is 144 g/mol. The van der Waals surface area contributed by atoms with E-state index in [9.17, 15) is 0 Å². The Labute approximate surface area is 65.1 Å². The van der Waals surface area contributed by atoms with Crippen LogP contribution in [0.2, 0.25) is 0 Å². The first-order chi connectivity index (χ1) is 4.86. The largest absolute Gasteiger partial charge is 0.326 e. The van der Waals surface area contributed by atoms with Crippen molar-refractivity contribution in [3.63, 3.8) is 0 Å². The molecule has 0 atom stereocenters. The van der Waals surface area contributed by atoms with Crippen molar-refractivity contribution in [1.82, 2.24) is 5.32 Å². The lowest BCUT2D eigenvalue weighted by Crippen LogP contribution is -2.02. The molecule has 1 aromatic heterocycles. The SMILES string of the molecule is CNCc1ccc(CN)s1. The standard InChI is InChI=1S/C7H12N2S/c1-9-5-7-3-2-6(4-8)10-7/h2-3,9H,4-5,8H2,1H3. The van der Waals surface area contributed by atoms with Crippen molar-refractivity contribution in [3.05, 3.63) is 21.9 Å². The molecule has 10 heavy (non-hydrogen) atoms. The lowest BCUT2D eigenvalue weighted by atomic mass is 10.4. The molecule has 3 heteroatoms. The van der Waals surface area contributed by atoms with Crippen molar-refractivity contribution in [2.45, 2.75) is 13.1 Å². The van der Waals surface area contributed by atoms with Gasteiger partial charge in [-0.2, -0.15) is 0 Å². The highest BCUT2D eigenvalue weighted by Crippen LogP contribution is 2.14. The highest BCUT2D eigenvalue weighted by molar-refractivity contribution is 7.11. The van der Waals surface area contributed by atoms with E-state index in [1.807, 2.05) is 7.05 Å². The molecule has 0 radical (unpaired) electrons. The molecule has 0 aliphatic heterocycles. The fourth-order valence-electron chi connectivity index (χ4n) is 0.801. The van der Waals surface area contributed by atoms with Crippen molar-refractivity contribution >= 4 is 11.3 Å². The Morgan fingerprint density at radius 1 is 1.50 bits per heavy atom. The summed E-state index contributed by atoms with van der Waals surface area (Å²) in [5.41, 5.74) is 5.45. The number of thiophene rings is 1. The van der Waals surface area contributed by atoms with Gasteiger partial charge in [0.2, 0.25) is 0 Å². The van der Waals surface area contributed by atoms with Crippen LogP contribution >= 0.6 is 11.3 Å². The minimum absolute atomic E-state index is 0.661. The second kappa shape index (κ2) is 3.71. The normalized spacial score (nSPS) is 10.2. The molecule has 0 aromatic carbocycles. The number of nitrogens with one attached hydrogen (secondary N) is 1. The van der Waals surface area contributed by atoms with Gasteiger partial charge in [-0.1, -0.05) is 0 Å². The summed E-state index contributed by atoms with van der Waals surface area (Å²) in [5.74, 6) is 0. The molecule has 0 saturated heterocycles. The monoisotopic (exact) mass is 156 g/mol. The van der Waals surface area contributed by atoms with Gasteiger partial charge in [-0.15, -0.1) is 11.3 Å². The fraction of sp³-hybridized carbons (Fsp3) is 0.429. The van der Waals surface area contributed by atoms with Gasteiger partial charge in [-0.25, -0.2) is 0 Å². The summed E-state index contributed by atoms with van der Waals surface area (Å²) in [6.45, 7) is 1.61. The van der Waals surface area contributed by atoms with Gasteiger partial charge in [0.15, 0.2) is 0 Å². The third-order valence-corrected chi connectivity index (χ3v) is 2.38. The van der Waals surface area contributed by atoms with Gasteiger partial charge < -0.3 is 11.1 Å². The van der Waals surface area contributed by atoms with E-state index in [1.165, 1.54) is 9.75 Å². The topological polar surface area (TPSA) is 38.0 Å². The summed E-state index contributed by atoms with van der Waals surface area (Å²) in [6.07, 6.45) is 0. The van der Waals surface area contributed by atoms with E-state index in [0.717, 1.165) is 6.54 Å². The van der Waals surface area contributed by atoms with Crippen LogP contribution in [0.1, 0.15) is 9.75 Å². The Kier molecular flexibility index (Phi) is 2.86. The quantitative estimate of drug-likeness (QED) is 0.683. The average molecular weight is 156 g/mol. The van der Waals surface area contributed by atoms with Crippen molar-refractivity contribution in [1.29, 1.82) is 0 Å². The molecule has 0 bridgehead atoms. The molecule has 3 N–H and O–H groups in total. The van der Waals surface area contributed by atoms with Gasteiger partial charge in [0.1, 0.15) is 0 Å². The smallest absolute Gasteiger partial charge is 0.0296 e. The van der Waals surface area contributed by atoms with Crippen molar-refractivity contribution in [2.24, 2.45) is 5.73 Å². The maximum atomic E-state index is 5.45. The minimum atomic E-state index is 0.661. The zero-order valence-electron chi connectivity index (χ0n) is 6.05. The Bertz CT molecular complexity index is 195. The predicted molar refractivity (Wildman–Crippen MR) is 45.0 cm³/mol.